The molecule has 0 spiro atoms. The molecular formula is C27H25ClFN5O4S. The van der Waals surface area contributed by atoms with Gasteiger partial charge in [-0.1, -0.05) is 29.8 Å². The number of carbonyl (C=O) groups is 2. The van der Waals surface area contributed by atoms with Gasteiger partial charge in [0, 0.05) is 52.2 Å². The van der Waals surface area contributed by atoms with Crippen LogP contribution in [0.1, 0.15) is 12.0 Å². The van der Waals surface area contributed by atoms with Crippen molar-refractivity contribution in [3.63, 3.8) is 0 Å². The van der Waals surface area contributed by atoms with Crippen LogP contribution in [-0.2, 0) is 20.6 Å². The molecule has 1 unspecified atom stereocenters. The highest BCUT2D eigenvalue weighted by Crippen LogP contribution is 2.27. The highest BCUT2D eigenvalue weighted by Gasteiger charge is 2.35. The summed E-state index contributed by atoms with van der Waals surface area (Å²) in [5.41, 5.74) is 2.52. The number of fused-ring (bicyclic) bond motifs is 1. The molecule has 1 saturated heterocycles. The number of halogens is 2. The molecule has 202 valence electrons. The van der Waals surface area contributed by atoms with Crippen LogP contribution in [0.5, 0.6) is 0 Å². The number of amides is 3. The maximum Gasteiger partial charge on any atom is 0.323 e. The third-order valence-electron chi connectivity index (χ3n) is 6.51. The van der Waals surface area contributed by atoms with Crippen molar-refractivity contribution >= 4 is 61.5 Å². The zero-order valence-electron chi connectivity index (χ0n) is 20.6. The Labute approximate surface area is 229 Å². The van der Waals surface area contributed by atoms with Crippen molar-refractivity contribution in [1.82, 2.24) is 9.29 Å². The van der Waals surface area contributed by atoms with Crippen LogP contribution in [0.4, 0.5) is 26.2 Å². The van der Waals surface area contributed by atoms with Crippen LogP contribution in [0.25, 0.3) is 10.9 Å². The molecule has 0 saturated carbocycles. The van der Waals surface area contributed by atoms with E-state index in [1.165, 1.54) is 22.5 Å². The number of carbonyl (C=O) groups excluding carboxylic acids is 2. The molecule has 39 heavy (non-hydrogen) atoms. The number of nitrogens with zero attached hydrogens (tertiary/aromatic N) is 1. The van der Waals surface area contributed by atoms with Crippen molar-refractivity contribution < 1.29 is 22.4 Å². The summed E-state index contributed by atoms with van der Waals surface area (Å²) < 4.78 is 40.7. The Balaban J connectivity index is 1.14. The molecule has 2 heterocycles. The minimum absolute atomic E-state index is 0.0292. The summed E-state index contributed by atoms with van der Waals surface area (Å²) in [6.45, 7) is 0.219. The second-order valence-corrected chi connectivity index (χ2v) is 11.6. The third-order valence-corrected chi connectivity index (χ3v) is 8.54. The Morgan fingerprint density at radius 2 is 1.72 bits per heavy atom. The van der Waals surface area contributed by atoms with Gasteiger partial charge in [0.05, 0.1) is 17.4 Å². The van der Waals surface area contributed by atoms with E-state index in [0.717, 1.165) is 10.9 Å². The Morgan fingerprint density at radius 1 is 1.00 bits per heavy atom. The second kappa shape index (κ2) is 11.0. The van der Waals surface area contributed by atoms with Crippen LogP contribution < -0.4 is 16.0 Å². The minimum Gasteiger partial charge on any atom is -0.359 e. The minimum atomic E-state index is -3.77. The molecule has 1 aliphatic rings. The number of aromatic nitrogens is 1. The molecule has 4 N–H and O–H groups in total. The number of hydrogen-bond acceptors (Lipinski definition) is 4. The molecule has 5 rings (SSSR count). The van der Waals surface area contributed by atoms with Gasteiger partial charge in [-0.2, -0.15) is 0 Å². The van der Waals surface area contributed by atoms with Gasteiger partial charge in [0.1, 0.15) is 5.82 Å². The van der Waals surface area contributed by atoms with Crippen molar-refractivity contribution in [3.8, 4) is 0 Å². The molecule has 1 atom stereocenters. The van der Waals surface area contributed by atoms with E-state index in [1.807, 2.05) is 6.07 Å². The highest BCUT2D eigenvalue weighted by molar-refractivity contribution is 7.88. The number of urea groups is 1. The van der Waals surface area contributed by atoms with Crippen molar-refractivity contribution in [2.45, 2.75) is 12.2 Å². The van der Waals surface area contributed by atoms with Gasteiger partial charge in [-0.3, -0.25) is 4.79 Å². The number of sulfonamides is 1. The first-order valence-electron chi connectivity index (χ1n) is 12.1. The van der Waals surface area contributed by atoms with Gasteiger partial charge < -0.3 is 20.9 Å². The molecule has 3 amide bonds. The molecule has 9 nitrogen and oxygen atoms in total. The fraction of sp³-hybridized carbons (Fsp3) is 0.185. The van der Waals surface area contributed by atoms with Gasteiger partial charge in [0.2, 0.25) is 15.9 Å². The first-order chi connectivity index (χ1) is 18.7. The van der Waals surface area contributed by atoms with E-state index in [2.05, 4.69) is 20.9 Å². The lowest BCUT2D eigenvalue weighted by Crippen LogP contribution is -2.32. The molecule has 1 fully saturated rings. The number of hydrogen-bond donors (Lipinski definition) is 4. The lowest BCUT2D eigenvalue weighted by atomic mass is 10.1. The summed E-state index contributed by atoms with van der Waals surface area (Å²) in [6.07, 6.45) is 2.04. The lowest BCUT2D eigenvalue weighted by Gasteiger charge is -2.17. The van der Waals surface area contributed by atoms with Crippen LogP contribution in [0.2, 0.25) is 5.02 Å². The van der Waals surface area contributed by atoms with E-state index in [9.17, 15) is 22.4 Å². The predicted octanol–water partition coefficient (Wildman–Crippen LogP) is 5.39. The van der Waals surface area contributed by atoms with Crippen LogP contribution in [0, 0.1) is 11.7 Å². The number of rotatable bonds is 7. The number of H-pyrrole nitrogens is 1. The van der Waals surface area contributed by atoms with Crippen molar-refractivity contribution in [2.75, 3.05) is 29.0 Å². The van der Waals surface area contributed by atoms with Gasteiger partial charge in [-0.15, -0.1) is 0 Å². The Bertz CT molecular complexity index is 1640. The smallest absolute Gasteiger partial charge is 0.323 e. The molecule has 0 bridgehead atoms. The predicted molar refractivity (Wildman–Crippen MR) is 150 cm³/mol. The maximum absolute atomic E-state index is 13.9. The molecule has 0 radical (unpaired) electrons. The summed E-state index contributed by atoms with van der Waals surface area (Å²) in [5.74, 6) is -1.87. The molecule has 0 aliphatic carbocycles. The largest absolute Gasteiger partial charge is 0.359 e. The van der Waals surface area contributed by atoms with Gasteiger partial charge in [0.25, 0.3) is 0 Å². The quantitative estimate of drug-likeness (QED) is 0.238. The van der Waals surface area contributed by atoms with Crippen LogP contribution in [-0.4, -0.2) is 42.7 Å². The van der Waals surface area contributed by atoms with Gasteiger partial charge in [0.15, 0.2) is 0 Å². The zero-order valence-corrected chi connectivity index (χ0v) is 22.2. The summed E-state index contributed by atoms with van der Waals surface area (Å²) in [6, 6.07) is 17.2. The van der Waals surface area contributed by atoms with Crippen LogP contribution in [0.3, 0.4) is 0 Å². The molecule has 1 aromatic heterocycles. The van der Waals surface area contributed by atoms with Crippen molar-refractivity contribution in [2.24, 2.45) is 5.92 Å². The molecule has 1 aliphatic heterocycles. The Kier molecular flexibility index (Phi) is 7.56. The molecule has 3 aromatic carbocycles. The average Bonchev–Trinajstić information content (AvgIpc) is 3.55. The molecule has 12 heteroatoms. The molecular weight excluding hydrogens is 545 g/mol. The number of aromatic amines is 1. The van der Waals surface area contributed by atoms with Gasteiger partial charge in [-0.05, 0) is 55.0 Å². The van der Waals surface area contributed by atoms with E-state index in [-0.39, 0.29) is 24.6 Å². The van der Waals surface area contributed by atoms with Crippen LogP contribution in [0.15, 0.2) is 72.9 Å². The van der Waals surface area contributed by atoms with E-state index in [1.54, 1.807) is 48.7 Å². The van der Waals surface area contributed by atoms with Gasteiger partial charge in [-0.25, -0.2) is 21.9 Å². The maximum atomic E-state index is 13.9. The number of anilines is 3. The fourth-order valence-electron chi connectivity index (χ4n) is 4.46. The van der Waals surface area contributed by atoms with E-state index >= 15 is 0 Å². The average molecular weight is 570 g/mol. The number of benzene rings is 3. The molecule has 4 aromatic rings. The summed E-state index contributed by atoms with van der Waals surface area (Å²) in [5, 5.41) is 9.63. The summed E-state index contributed by atoms with van der Waals surface area (Å²) >= 11 is 6.05. The van der Waals surface area contributed by atoms with Crippen LogP contribution >= 0.6 is 11.6 Å². The Morgan fingerprint density at radius 3 is 2.46 bits per heavy atom. The standard InChI is InChI=1S/C27H25ClFN5O4S/c28-19-5-10-24-22(13-19)25(14-30-24)33-27(36)32-21-8-6-20(7-9-21)31-26(35)17-11-12-34(15-17)39(37,38)16-18-3-1-2-4-23(18)29/h1-10,13-14,17,30H,11-12,15-16H2,(H,31,35)(H2,32,33,36). The SMILES string of the molecule is O=C(Nc1ccc(NC(=O)C2CCN(S(=O)(=O)Cc3ccccc3F)C2)cc1)Nc1c[nH]c2ccc(Cl)cc12. The monoisotopic (exact) mass is 569 g/mol. The first-order valence-corrected chi connectivity index (χ1v) is 14.1. The summed E-state index contributed by atoms with van der Waals surface area (Å²) in [7, 11) is -3.77. The highest BCUT2D eigenvalue weighted by atomic mass is 35.5. The normalized spacial score (nSPS) is 15.8. The van der Waals surface area contributed by atoms with E-state index in [0.29, 0.717) is 28.5 Å². The first kappa shape index (κ1) is 26.7. The fourth-order valence-corrected chi connectivity index (χ4v) is 6.23. The summed E-state index contributed by atoms with van der Waals surface area (Å²) in [4.78, 5) is 28.3. The lowest BCUT2D eigenvalue weighted by molar-refractivity contribution is -0.119. The second-order valence-electron chi connectivity index (χ2n) is 9.23. The van der Waals surface area contributed by atoms with E-state index in [4.69, 9.17) is 11.6 Å². The third kappa shape index (κ3) is 6.22. The zero-order chi connectivity index (χ0) is 27.6. The topological polar surface area (TPSA) is 123 Å². The van der Waals surface area contributed by atoms with E-state index < -0.39 is 33.5 Å². The number of nitrogens with one attached hydrogen (secondary N) is 4. The Hall–Kier alpha value is -3.93. The van der Waals surface area contributed by atoms with Crippen molar-refractivity contribution in [1.29, 1.82) is 0 Å². The van der Waals surface area contributed by atoms with Gasteiger partial charge >= 0.3 is 6.03 Å². The van der Waals surface area contributed by atoms with Crippen molar-refractivity contribution in [3.05, 3.63) is 89.3 Å².